The molecule has 0 aliphatic carbocycles. The SMILES string of the molecule is O=S(=O)(c1cccc(F)c1)N1CCC(N2CCC(Oc3nccs3)CC2)CC1. The highest BCUT2D eigenvalue weighted by molar-refractivity contribution is 7.89. The summed E-state index contributed by atoms with van der Waals surface area (Å²) in [6, 6.07) is 5.63. The zero-order chi connectivity index (χ0) is 19.6. The molecule has 9 heteroatoms. The third-order valence-electron chi connectivity index (χ3n) is 5.53. The third-order valence-corrected chi connectivity index (χ3v) is 8.08. The molecule has 0 spiro atoms. The molecule has 4 rings (SSSR count). The number of hydrogen-bond acceptors (Lipinski definition) is 6. The van der Waals surface area contributed by atoms with Crippen molar-refractivity contribution in [3.8, 4) is 5.19 Å². The van der Waals surface area contributed by atoms with Crippen LogP contribution in [0.5, 0.6) is 5.19 Å². The van der Waals surface area contributed by atoms with Crippen LogP contribution in [0.4, 0.5) is 4.39 Å². The van der Waals surface area contributed by atoms with Gasteiger partial charge in [-0.15, -0.1) is 0 Å². The van der Waals surface area contributed by atoms with Crippen molar-refractivity contribution in [1.82, 2.24) is 14.2 Å². The average Bonchev–Trinajstić information content (AvgIpc) is 3.22. The molecule has 0 radical (unpaired) electrons. The monoisotopic (exact) mass is 425 g/mol. The molecule has 0 unspecified atom stereocenters. The molecule has 0 atom stereocenters. The lowest BCUT2D eigenvalue weighted by atomic mass is 10.00. The Morgan fingerprint density at radius 1 is 1.11 bits per heavy atom. The van der Waals surface area contributed by atoms with Crippen LogP contribution in [0.25, 0.3) is 0 Å². The highest BCUT2D eigenvalue weighted by Gasteiger charge is 2.33. The van der Waals surface area contributed by atoms with E-state index in [1.165, 1.54) is 33.8 Å². The zero-order valence-corrected chi connectivity index (χ0v) is 17.2. The van der Waals surface area contributed by atoms with Crippen LogP contribution >= 0.6 is 11.3 Å². The minimum Gasteiger partial charge on any atom is -0.467 e. The van der Waals surface area contributed by atoms with E-state index in [-0.39, 0.29) is 11.0 Å². The minimum absolute atomic E-state index is 0.0334. The molecular weight excluding hydrogens is 401 g/mol. The number of rotatable bonds is 5. The molecule has 2 saturated heterocycles. The Kier molecular flexibility index (Phi) is 5.96. The number of piperidine rings is 2. The molecule has 6 nitrogen and oxygen atoms in total. The summed E-state index contributed by atoms with van der Waals surface area (Å²) in [6.07, 6.45) is 5.47. The summed E-state index contributed by atoms with van der Waals surface area (Å²) in [5, 5.41) is 2.64. The van der Waals surface area contributed by atoms with Crippen LogP contribution in [0, 0.1) is 5.82 Å². The third kappa shape index (κ3) is 4.37. The van der Waals surface area contributed by atoms with Crippen molar-refractivity contribution in [3.63, 3.8) is 0 Å². The van der Waals surface area contributed by atoms with Gasteiger partial charge < -0.3 is 9.64 Å². The lowest BCUT2D eigenvalue weighted by Crippen LogP contribution is -2.50. The van der Waals surface area contributed by atoms with Gasteiger partial charge in [-0.3, -0.25) is 0 Å². The number of sulfonamides is 1. The first kappa shape index (κ1) is 19.8. The van der Waals surface area contributed by atoms with Gasteiger partial charge in [0.15, 0.2) is 0 Å². The summed E-state index contributed by atoms with van der Waals surface area (Å²) in [4.78, 5) is 6.66. The quantitative estimate of drug-likeness (QED) is 0.737. The van der Waals surface area contributed by atoms with Crippen LogP contribution in [-0.2, 0) is 10.0 Å². The molecule has 0 saturated carbocycles. The molecular formula is C19H24FN3O3S2. The normalized spacial score (nSPS) is 21.0. The molecule has 2 aliphatic heterocycles. The van der Waals surface area contributed by atoms with Crippen molar-refractivity contribution in [2.45, 2.75) is 42.7 Å². The van der Waals surface area contributed by atoms with E-state index in [4.69, 9.17) is 4.74 Å². The fraction of sp³-hybridized carbons (Fsp3) is 0.526. The van der Waals surface area contributed by atoms with E-state index in [0.29, 0.717) is 19.1 Å². The van der Waals surface area contributed by atoms with Crippen molar-refractivity contribution >= 4 is 21.4 Å². The van der Waals surface area contributed by atoms with Crippen molar-refractivity contribution in [1.29, 1.82) is 0 Å². The fourth-order valence-corrected chi connectivity index (χ4v) is 6.05. The first-order valence-corrected chi connectivity index (χ1v) is 11.9. The second-order valence-corrected chi connectivity index (χ2v) is 10.0. The highest BCUT2D eigenvalue weighted by atomic mass is 32.2. The van der Waals surface area contributed by atoms with E-state index < -0.39 is 15.8 Å². The Bertz CT molecular complexity index is 876. The number of benzene rings is 1. The van der Waals surface area contributed by atoms with Gasteiger partial charge in [-0.1, -0.05) is 17.4 Å². The van der Waals surface area contributed by atoms with Crippen molar-refractivity contribution in [2.75, 3.05) is 26.2 Å². The van der Waals surface area contributed by atoms with E-state index >= 15 is 0 Å². The molecule has 28 heavy (non-hydrogen) atoms. The summed E-state index contributed by atoms with van der Waals surface area (Å²) in [7, 11) is -3.63. The Hall–Kier alpha value is -1.55. The lowest BCUT2D eigenvalue weighted by molar-refractivity contribution is 0.0584. The van der Waals surface area contributed by atoms with E-state index in [1.54, 1.807) is 6.20 Å². The van der Waals surface area contributed by atoms with E-state index in [0.717, 1.165) is 50.0 Å². The first-order chi connectivity index (χ1) is 13.5. The maximum Gasteiger partial charge on any atom is 0.273 e. The van der Waals surface area contributed by atoms with Gasteiger partial charge in [0.05, 0.1) is 4.90 Å². The maximum absolute atomic E-state index is 13.4. The van der Waals surface area contributed by atoms with Crippen LogP contribution in [0.15, 0.2) is 40.7 Å². The summed E-state index contributed by atoms with van der Waals surface area (Å²) < 4.78 is 46.3. The number of hydrogen-bond donors (Lipinski definition) is 0. The van der Waals surface area contributed by atoms with Crippen LogP contribution in [0.3, 0.4) is 0 Å². The number of aromatic nitrogens is 1. The Balaban J connectivity index is 1.29. The van der Waals surface area contributed by atoms with E-state index in [1.807, 2.05) is 5.38 Å². The molecule has 2 fully saturated rings. The number of thiazole rings is 1. The van der Waals surface area contributed by atoms with Crippen LogP contribution in [0.1, 0.15) is 25.7 Å². The molecule has 152 valence electrons. The average molecular weight is 426 g/mol. The van der Waals surface area contributed by atoms with E-state index in [9.17, 15) is 12.8 Å². The topological polar surface area (TPSA) is 62.7 Å². The van der Waals surface area contributed by atoms with Gasteiger partial charge in [0.2, 0.25) is 10.0 Å². The standard InChI is InChI=1S/C19H24FN3O3S2/c20-15-2-1-3-18(14-15)28(24,25)23-11-4-16(5-12-23)22-9-6-17(7-10-22)26-19-21-8-13-27-19/h1-3,8,13-14,16-17H,4-7,9-12H2. The molecule has 0 N–H and O–H groups in total. The number of nitrogens with zero attached hydrogens (tertiary/aromatic N) is 3. The Morgan fingerprint density at radius 3 is 2.50 bits per heavy atom. The molecule has 2 aromatic rings. The van der Waals surface area contributed by atoms with Crippen LogP contribution in [-0.4, -0.2) is 60.9 Å². The fourth-order valence-electron chi connectivity index (χ4n) is 3.99. The Labute approximate surface area is 169 Å². The van der Waals surface area contributed by atoms with E-state index in [2.05, 4.69) is 9.88 Å². The summed E-state index contributed by atoms with van der Waals surface area (Å²) in [5.74, 6) is -0.529. The number of halogens is 1. The molecule has 2 aliphatic rings. The van der Waals surface area contributed by atoms with Crippen LogP contribution in [0.2, 0.25) is 0 Å². The van der Waals surface area contributed by atoms with Crippen molar-refractivity contribution < 1.29 is 17.5 Å². The predicted octanol–water partition coefficient (Wildman–Crippen LogP) is 2.98. The first-order valence-electron chi connectivity index (χ1n) is 9.58. The van der Waals surface area contributed by atoms with Gasteiger partial charge in [-0.25, -0.2) is 17.8 Å². The molecule has 0 bridgehead atoms. The molecule has 0 amide bonds. The minimum atomic E-state index is -3.63. The van der Waals surface area contributed by atoms with Gasteiger partial charge in [-0.2, -0.15) is 4.31 Å². The molecule has 3 heterocycles. The number of ether oxygens (including phenoxy) is 1. The number of likely N-dealkylation sites (tertiary alicyclic amines) is 1. The molecule has 1 aromatic carbocycles. The zero-order valence-electron chi connectivity index (χ0n) is 15.5. The van der Waals surface area contributed by atoms with Gasteiger partial charge in [-0.05, 0) is 43.9 Å². The van der Waals surface area contributed by atoms with Crippen molar-refractivity contribution in [3.05, 3.63) is 41.7 Å². The predicted molar refractivity (Wildman–Crippen MR) is 106 cm³/mol. The molecule has 1 aromatic heterocycles. The largest absolute Gasteiger partial charge is 0.467 e. The smallest absolute Gasteiger partial charge is 0.273 e. The Morgan fingerprint density at radius 2 is 1.86 bits per heavy atom. The summed E-state index contributed by atoms with van der Waals surface area (Å²) >= 11 is 1.51. The van der Waals surface area contributed by atoms with Gasteiger partial charge in [0.1, 0.15) is 11.9 Å². The maximum atomic E-state index is 13.4. The van der Waals surface area contributed by atoms with Crippen molar-refractivity contribution in [2.24, 2.45) is 0 Å². The second kappa shape index (κ2) is 8.44. The second-order valence-electron chi connectivity index (χ2n) is 7.24. The lowest BCUT2D eigenvalue weighted by Gasteiger charge is -2.41. The van der Waals surface area contributed by atoms with Gasteiger partial charge in [0.25, 0.3) is 5.19 Å². The van der Waals surface area contributed by atoms with Crippen LogP contribution < -0.4 is 4.74 Å². The summed E-state index contributed by atoms with van der Waals surface area (Å²) in [6.45, 7) is 2.85. The van der Waals surface area contributed by atoms with Gasteiger partial charge in [0, 0.05) is 43.8 Å². The van der Waals surface area contributed by atoms with Gasteiger partial charge >= 0.3 is 0 Å². The highest BCUT2D eigenvalue weighted by Crippen LogP contribution is 2.27. The summed E-state index contributed by atoms with van der Waals surface area (Å²) in [5.41, 5.74) is 0.